The van der Waals surface area contributed by atoms with Crippen LogP contribution in [0.2, 0.25) is 0 Å². The molecule has 152 valence electrons. The molecule has 1 aliphatic heterocycles. The summed E-state index contributed by atoms with van der Waals surface area (Å²) in [6.45, 7) is 2.97. The second-order valence-electron chi connectivity index (χ2n) is 6.87. The van der Waals surface area contributed by atoms with Crippen LogP contribution in [0.25, 0.3) is 0 Å². The van der Waals surface area contributed by atoms with E-state index in [0.29, 0.717) is 16.1 Å². The predicted molar refractivity (Wildman–Crippen MR) is 100 cm³/mol. The molecule has 0 unspecified atom stereocenters. The maximum atomic E-state index is 13.3. The van der Waals surface area contributed by atoms with Gasteiger partial charge in [-0.25, -0.2) is 13.6 Å². The summed E-state index contributed by atoms with van der Waals surface area (Å²) < 4.78 is 26.4. The van der Waals surface area contributed by atoms with Crippen LogP contribution in [0.5, 0.6) is 0 Å². The largest absolute Gasteiger partial charge is 0.344 e. The second-order valence-corrected chi connectivity index (χ2v) is 6.87. The molecule has 0 aromatic heterocycles. The van der Waals surface area contributed by atoms with Crippen LogP contribution in [0.15, 0.2) is 48.5 Å². The van der Waals surface area contributed by atoms with Gasteiger partial charge in [-0.2, -0.15) is 5.01 Å². The SMILES string of the molecule is C[C@H](NCC(=O)NN1C(=O)N[C@@](C)(c2ccccc2)C1=O)c1ccc(F)c(F)c1. The molecule has 2 atom stereocenters. The van der Waals surface area contributed by atoms with E-state index in [9.17, 15) is 23.2 Å². The summed E-state index contributed by atoms with van der Waals surface area (Å²) in [7, 11) is 0. The van der Waals surface area contributed by atoms with Gasteiger partial charge in [0, 0.05) is 6.04 Å². The molecule has 7 nitrogen and oxygen atoms in total. The number of benzene rings is 2. The maximum Gasteiger partial charge on any atom is 0.344 e. The van der Waals surface area contributed by atoms with E-state index in [-0.39, 0.29) is 6.54 Å². The number of imide groups is 1. The number of hydrogen-bond acceptors (Lipinski definition) is 4. The molecule has 29 heavy (non-hydrogen) atoms. The minimum absolute atomic E-state index is 0.251. The summed E-state index contributed by atoms with van der Waals surface area (Å²) in [5.74, 6) is -3.20. The van der Waals surface area contributed by atoms with Crippen molar-refractivity contribution in [3.8, 4) is 0 Å². The van der Waals surface area contributed by atoms with Crippen LogP contribution in [-0.4, -0.2) is 29.4 Å². The number of carbonyl (C=O) groups is 3. The van der Waals surface area contributed by atoms with Gasteiger partial charge in [-0.15, -0.1) is 0 Å². The van der Waals surface area contributed by atoms with E-state index in [2.05, 4.69) is 16.1 Å². The van der Waals surface area contributed by atoms with Crippen LogP contribution < -0.4 is 16.1 Å². The van der Waals surface area contributed by atoms with E-state index in [4.69, 9.17) is 0 Å². The lowest BCUT2D eigenvalue weighted by Crippen LogP contribution is -2.50. The van der Waals surface area contributed by atoms with Gasteiger partial charge in [0.25, 0.3) is 11.8 Å². The van der Waals surface area contributed by atoms with Crippen molar-refractivity contribution in [3.63, 3.8) is 0 Å². The molecular weight excluding hydrogens is 382 g/mol. The van der Waals surface area contributed by atoms with Crippen molar-refractivity contribution in [3.05, 3.63) is 71.3 Å². The van der Waals surface area contributed by atoms with Gasteiger partial charge in [-0.05, 0) is 37.1 Å². The molecule has 0 bridgehead atoms. The number of amides is 4. The first-order valence-corrected chi connectivity index (χ1v) is 8.92. The highest BCUT2D eigenvalue weighted by Gasteiger charge is 2.49. The van der Waals surface area contributed by atoms with E-state index in [0.717, 1.165) is 12.1 Å². The Morgan fingerprint density at radius 3 is 2.48 bits per heavy atom. The Bertz CT molecular complexity index is 954. The monoisotopic (exact) mass is 402 g/mol. The van der Waals surface area contributed by atoms with Crippen LogP contribution in [0, 0.1) is 11.6 Å². The molecule has 1 heterocycles. The molecule has 3 N–H and O–H groups in total. The zero-order chi connectivity index (χ0) is 21.2. The van der Waals surface area contributed by atoms with Crippen LogP contribution in [0.3, 0.4) is 0 Å². The lowest BCUT2D eigenvalue weighted by atomic mass is 9.92. The number of hydrazine groups is 1. The van der Waals surface area contributed by atoms with Crippen molar-refractivity contribution in [2.75, 3.05) is 6.54 Å². The minimum Gasteiger partial charge on any atom is -0.318 e. The molecule has 0 spiro atoms. The molecule has 2 aromatic rings. The van der Waals surface area contributed by atoms with Crippen LogP contribution >= 0.6 is 0 Å². The van der Waals surface area contributed by atoms with Crippen molar-refractivity contribution in [1.29, 1.82) is 0 Å². The Balaban J connectivity index is 1.61. The highest BCUT2D eigenvalue weighted by Crippen LogP contribution is 2.27. The van der Waals surface area contributed by atoms with Gasteiger partial charge < -0.3 is 10.6 Å². The summed E-state index contributed by atoms with van der Waals surface area (Å²) >= 11 is 0. The Kier molecular flexibility index (Phi) is 5.60. The zero-order valence-corrected chi connectivity index (χ0v) is 15.8. The van der Waals surface area contributed by atoms with Crippen LogP contribution in [-0.2, 0) is 15.1 Å². The summed E-state index contributed by atoms with van der Waals surface area (Å²) in [6.07, 6.45) is 0. The Labute approximate surface area is 166 Å². The van der Waals surface area contributed by atoms with Crippen molar-refractivity contribution >= 4 is 17.8 Å². The zero-order valence-electron chi connectivity index (χ0n) is 15.8. The average molecular weight is 402 g/mol. The lowest BCUT2D eigenvalue weighted by Gasteiger charge is -2.22. The van der Waals surface area contributed by atoms with E-state index in [1.807, 2.05) is 0 Å². The fraction of sp³-hybridized carbons (Fsp3) is 0.250. The summed E-state index contributed by atoms with van der Waals surface area (Å²) in [5.41, 5.74) is 2.00. The second kappa shape index (κ2) is 7.96. The van der Waals surface area contributed by atoms with E-state index >= 15 is 0 Å². The van der Waals surface area contributed by atoms with Crippen LogP contribution in [0.1, 0.15) is 31.0 Å². The molecule has 9 heteroatoms. The third-order valence-corrected chi connectivity index (χ3v) is 4.79. The quantitative estimate of drug-likeness (QED) is 0.646. The Morgan fingerprint density at radius 1 is 1.14 bits per heavy atom. The van der Waals surface area contributed by atoms with E-state index in [1.165, 1.54) is 6.07 Å². The first-order valence-electron chi connectivity index (χ1n) is 8.92. The first-order chi connectivity index (χ1) is 13.7. The molecule has 3 rings (SSSR count). The standard InChI is InChI=1S/C20H20F2N4O3/c1-12(13-8-9-15(21)16(22)10-13)23-11-17(27)25-26-18(28)20(2,24-19(26)29)14-6-4-3-5-7-14/h3-10,12,23H,11H2,1-2H3,(H,24,29)(H,25,27)/t12-,20-/m0/s1. The fourth-order valence-corrected chi connectivity index (χ4v) is 3.02. The Hall–Kier alpha value is -3.33. The third-order valence-electron chi connectivity index (χ3n) is 4.79. The van der Waals surface area contributed by atoms with Gasteiger partial charge in [0.2, 0.25) is 0 Å². The van der Waals surface area contributed by atoms with Gasteiger partial charge in [0.1, 0.15) is 5.54 Å². The number of urea groups is 1. The molecule has 0 saturated carbocycles. The van der Waals surface area contributed by atoms with Gasteiger partial charge in [0.05, 0.1) is 6.54 Å². The summed E-state index contributed by atoms with van der Waals surface area (Å²) in [5, 5.41) is 6.05. The molecule has 0 radical (unpaired) electrons. The maximum absolute atomic E-state index is 13.3. The molecule has 2 aromatic carbocycles. The minimum atomic E-state index is -1.29. The highest BCUT2D eigenvalue weighted by atomic mass is 19.2. The third kappa shape index (κ3) is 4.09. The number of nitrogens with zero attached hydrogens (tertiary/aromatic N) is 1. The van der Waals surface area contributed by atoms with Crippen molar-refractivity contribution in [2.24, 2.45) is 0 Å². The number of rotatable bonds is 6. The molecule has 1 fully saturated rings. The first kappa shape index (κ1) is 20.4. The predicted octanol–water partition coefficient (Wildman–Crippen LogP) is 2.11. The van der Waals surface area contributed by atoms with Gasteiger partial charge in [-0.1, -0.05) is 36.4 Å². The van der Waals surface area contributed by atoms with E-state index in [1.54, 1.807) is 44.2 Å². The average Bonchev–Trinajstić information content (AvgIpc) is 2.93. The Morgan fingerprint density at radius 2 is 1.83 bits per heavy atom. The topological polar surface area (TPSA) is 90.5 Å². The number of carbonyl (C=O) groups excluding carboxylic acids is 3. The van der Waals surface area contributed by atoms with Crippen LogP contribution in [0.4, 0.5) is 13.6 Å². The summed E-state index contributed by atoms with van der Waals surface area (Å²) in [4.78, 5) is 37.2. The summed E-state index contributed by atoms with van der Waals surface area (Å²) in [6, 6.07) is 10.9. The molecular formula is C20H20F2N4O3. The smallest absolute Gasteiger partial charge is 0.318 e. The van der Waals surface area contributed by atoms with Crippen molar-refractivity contribution < 1.29 is 23.2 Å². The van der Waals surface area contributed by atoms with Crippen molar-refractivity contribution in [2.45, 2.75) is 25.4 Å². The van der Waals surface area contributed by atoms with Gasteiger partial charge >= 0.3 is 6.03 Å². The van der Waals surface area contributed by atoms with Crippen molar-refractivity contribution in [1.82, 2.24) is 21.1 Å². The number of hydrogen-bond donors (Lipinski definition) is 3. The normalized spacial score (nSPS) is 19.8. The van der Waals surface area contributed by atoms with Gasteiger partial charge in [0.15, 0.2) is 11.6 Å². The molecule has 1 aliphatic rings. The lowest BCUT2D eigenvalue weighted by molar-refractivity contribution is -0.138. The number of halogens is 2. The number of nitrogens with one attached hydrogen (secondary N) is 3. The molecule has 4 amide bonds. The fourth-order valence-electron chi connectivity index (χ4n) is 3.02. The molecule has 0 aliphatic carbocycles. The van der Waals surface area contributed by atoms with Gasteiger partial charge in [-0.3, -0.25) is 15.0 Å². The highest BCUT2D eigenvalue weighted by molar-refractivity contribution is 6.08. The molecule has 1 saturated heterocycles. The van der Waals surface area contributed by atoms with E-state index < -0.39 is 41.1 Å².